The van der Waals surface area contributed by atoms with E-state index in [0.29, 0.717) is 0 Å². The molecule has 0 saturated heterocycles. The summed E-state index contributed by atoms with van der Waals surface area (Å²) in [6, 6.07) is 22.7. The molecular formula is C19H12IN3O2. The van der Waals surface area contributed by atoms with Crippen LogP contribution in [0.25, 0.3) is 28.0 Å². The molecule has 0 radical (unpaired) electrons. The van der Waals surface area contributed by atoms with E-state index in [2.05, 4.69) is 22.6 Å². The Balaban J connectivity index is 1.89. The van der Waals surface area contributed by atoms with Crippen LogP contribution in [0.2, 0.25) is 0 Å². The minimum absolute atomic E-state index is 0.0800. The van der Waals surface area contributed by atoms with Gasteiger partial charge in [0.15, 0.2) is 0 Å². The van der Waals surface area contributed by atoms with Crippen molar-refractivity contribution in [1.29, 1.82) is 0 Å². The van der Waals surface area contributed by atoms with Crippen LogP contribution in [0.4, 0.5) is 5.69 Å². The molecule has 0 saturated carbocycles. The predicted molar refractivity (Wildman–Crippen MR) is 105 cm³/mol. The van der Waals surface area contributed by atoms with Crippen molar-refractivity contribution < 1.29 is 4.92 Å². The molecule has 0 fully saturated rings. The fraction of sp³-hybridized carbons (Fsp3) is 0. The Morgan fingerprint density at radius 3 is 2.32 bits per heavy atom. The first-order valence-electron chi connectivity index (χ1n) is 7.62. The fourth-order valence-corrected chi connectivity index (χ4v) is 3.50. The van der Waals surface area contributed by atoms with Gasteiger partial charge in [-0.15, -0.1) is 0 Å². The van der Waals surface area contributed by atoms with Crippen molar-refractivity contribution in [3.8, 4) is 22.5 Å². The molecule has 0 spiro atoms. The zero-order chi connectivity index (χ0) is 17.4. The van der Waals surface area contributed by atoms with Crippen LogP contribution < -0.4 is 0 Å². The van der Waals surface area contributed by atoms with Crippen LogP contribution in [0.1, 0.15) is 0 Å². The van der Waals surface area contributed by atoms with Gasteiger partial charge in [-0.2, -0.15) is 5.10 Å². The number of rotatable bonds is 3. The number of nitro benzene ring substituents is 1. The fourth-order valence-electron chi connectivity index (χ4n) is 2.78. The van der Waals surface area contributed by atoms with E-state index in [1.807, 2.05) is 53.0 Å². The van der Waals surface area contributed by atoms with E-state index >= 15 is 0 Å². The van der Waals surface area contributed by atoms with Crippen LogP contribution in [0.5, 0.6) is 0 Å². The maximum absolute atomic E-state index is 10.9. The molecule has 122 valence electrons. The number of pyridine rings is 1. The normalized spacial score (nSPS) is 10.9. The highest BCUT2D eigenvalue weighted by atomic mass is 127. The summed E-state index contributed by atoms with van der Waals surface area (Å²) in [6.45, 7) is 0. The number of non-ortho nitro benzene ring substituents is 1. The molecule has 0 unspecified atom stereocenters. The van der Waals surface area contributed by atoms with Gasteiger partial charge in [0.2, 0.25) is 0 Å². The molecule has 4 aromatic rings. The SMILES string of the molecule is O=[N+]([O-])c1ccc(-c2c(I)ccc3cc(-c4ccccc4)nn23)cc1. The largest absolute Gasteiger partial charge is 0.269 e. The molecule has 0 aliphatic rings. The van der Waals surface area contributed by atoms with Crippen LogP contribution in [0.15, 0.2) is 72.8 Å². The standard InChI is InChI=1S/C19H12IN3O2/c20-17-11-10-16-12-18(13-4-2-1-3-5-13)21-22(16)19(17)14-6-8-15(9-7-14)23(24)25/h1-12H. The molecular weight excluding hydrogens is 429 g/mol. The van der Waals surface area contributed by atoms with Gasteiger partial charge in [-0.3, -0.25) is 10.1 Å². The summed E-state index contributed by atoms with van der Waals surface area (Å²) in [5, 5.41) is 15.6. The molecule has 2 aromatic carbocycles. The van der Waals surface area contributed by atoms with Gasteiger partial charge in [0.1, 0.15) is 0 Å². The van der Waals surface area contributed by atoms with Crippen LogP contribution in [0, 0.1) is 13.7 Å². The highest BCUT2D eigenvalue weighted by molar-refractivity contribution is 14.1. The summed E-state index contributed by atoms with van der Waals surface area (Å²) in [7, 11) is 0. The topological polar surface area (TPSA) is 60.4 Å². The van der Waals surface area contributed by atoms with Gasteiger partial charge < -0.3 is 0 Å². The van der Waals surface area contributed by atoms with Crippen LogP contribution >= 0.6 is 22.6 Å². The monoisotopic (exact) mass is 441 g/mol. The van der Waals surface area contributed by atoms with E-state index in [1.165, 1.54) is 12.1 Å². The molecule has 0 N–H and O–H groups in total. The third kappa shape index (κ3) is 2.89. The Morgan fingerprint density at radius 2 is 1.64 bits per heavy atom. The second kappa shape index (κ2) is 6.29. The van der Waals surface area contributed by atoms with Crippen molar-refractivity contribution in [3.63, 3.8) is 0 Å². The molecule has 2 heterocycles. The quantitative estimate of drug-likeness (QED) is 0.250. The lowest BCUT2D eigenvalue weighted by atomic mass is 10.1. The number of nitro groups is 1. The van der Waals surface area contributed by atoms with E-state index in [9.17, 15) is 10.1 Å². The molecule has 2 aromatic heterocycles. The first-order valence-corrected chi connectivity index (χ1v) is 8.70. The molecule has 6 heteroatoms. The van der Waals surface area contributed by atoms with E-state index in [1.54, 1.807) is 12.1 Å². The molecule has 0 bridgehead atoms. The minimum Gasteiger partial charge on any atom is -0.258 e. The van der Waals surface area contributed by atoms with E-state index < -0.39 is 4.92 Å². The van der Waals surface area contributed by atoms with Gasteiger partial charge in [0.25, 0.3) is 5.69 Å². The maximum atomic E-state index is 10.9. The lowest BCUT2D eigenvalue weighted by molar-refractivity contribution is -0.384. The van der Waals surface area contributed by atoms with Gasteiger partial charge in [0.05, 0.1) is 21.8 Å². The molecule has 0 aliphatic carbocycles. The number of benzene rings is 2. The van der Waals surface area contributed by atoms with E-state index in [-0.39, 0.29) is 5.69 Å². The summed E-state index contributed by atoms with van der Waals surface area (Å²) in [6.07, 6.45) is 0. The maximum Gasteiger partial charge on any atom is 0.269 e. The Labute approximate surface area is 157 Å². The van der Waals surface area contributed by atoms with Crippen molar-refractivity contribution in [1.82, 2.24) is 9.61 Å². The smallest absolute Gasteiger partial charge is 0.258 e. The average molecular weight is 441 g/mol. The zero-order valence-corrected chi connectivity index (χ0v) is 15.1. The number of halogens is 1. The van der Waals surface area contributed by atoms with E-state index in [4.69, 9.17) is 5.10 Å². The lowest BCUT2D eigenvalue weighted by Gasteiger charge is -2.08. The number of nitrogens with zero attached hydrogens (tertiary/aromatic N) is 3. The number of hydrogen-bond donors (Lipinski definition) is 0. The first kappa shape index (κ1) is 15.8. The van der Waals surface area contributed by atoms with Crippen LogP contribution in [-0.2, 0) is 0 Å². The number of fused-ring (bicyclic) bond motifs is 1. The van der Waals surface area contributed by atoms with Crippen LogP contribution in [-0.4, -0.2) is 14.5 Å². The van der Waals surface area contributed by atoms with E-state index in [0.717, 1.165) is 31.6 Å². The lowest BCUT2D eigenvalue weighted by Crippen LogP contribution is -1.97. The minimum atomic E-state index is -0.392. The first-order chi connectivity index (χ1) is 12.1. The van der Waals surface area contributed by atoms with Crippen molar-refractivity contribution >= 4 is 33.8 Å². The molecule has 0 atom stereocenters. The Morgan fingerprint density at radius 1 is 0.920 bits per heavy atom. The summed E-state index contributed by atoms with van der Waals surface area (Å²) >= 11 is 2.26. The third-order valence-corrected chi connectivity index (χ3v) is 4.87. The number of aromatic nitrogens is 2. The van der Waals surface area contributed by atoms with Crippen molar-refractivity contribution in [2.24, 2.45) is 0 Å². The summed E-state index contributed by atoms with van der Waals surface area (Å²) in [4.78, 5) is 10.5. The van der Waals surface area contributed by atoms with Crippen molar-refractivity contribution in [3.05, 3.63) is 86.5 Å². The molecule has 25 heavy (non-hydrogen) atoms. The predicted octanol–water partition coefficient (Wildman–Crippen LogP) is 5.18. The number of hydrogen-bond acceptors (Lipinski definition) is 3. The highest BCUT2D eigenvalue weighted by Crippen LogP contribution is 2.30. The average Bonchev–Trinajstić information content (AvgIpc) is 3.07. The van der Waals surface area contributed by atoms with Crippen molar-refractivity contribution in [2.75, 3.05) is 0 Å². The second-order valence-corrected chi connectivity index (χ2v) is 6.73. The second-order valence-electron chi connectivity index (χ2n) is 5.57. The zero-order valence-electron chi connectivity index (χ0n) is 13.0. The Bertz CT molecular complexity index is 1070. The molecule has 0 aliphatic heterocycles. The Kier molecular flexibility index (Phi) is 3.96. The van der Waals surface area contributed by atoms with Gasteiger partial charge >= 0.3 is 0 Å². The highest BCUT2D eigenvalue weighted by Gasteiger charge is 2.13. The van der Waals surface area contributed by atoms with Gasteiger partial charge in [-0.05, 0) is 52.9 Å². The molecule has 0 amide bonds. The molecule has 4 rings (SSSR count). The molecule has 5 nitrogen and oxygen atoms in total. The van der Waals surface area contributed by atoms with Gasteiger partial charge in [0, 0.05) is 26.8 Å². The Hall–Kier alpha value is -2.74. The summed E-state index contributed by atoms with van der Waals surface area (Å²) in [5.74, 6) is 0. The van der Waals surface area contributed by atoms with Crippen molar-refractivity contribution in [2.45, 2.75) is 0 Å². The van der Waals surface area contributed by atoms with Crippen LogP contribution in [0.3, 0.4) is 0 Å². The van der Waals surface area contributed by atoms with Gasteiger partial charge in [-0.1, -0.05) is 30.3 Å². The summed E-state index contributed by atoms with van der Waals surface area (Å²) in [5.41, 5.74) is 4.82. The summed E-state index contributed by atoms with van der Waals surface area (Å²) < 4.78 is 2.92. The van der Waals surface area contributed by atoms with Gasteiger partial charge in [-0.25, -0.2) is 4.52 Å². The third-order valence-electron chi connectivity index (χ3n) is 4.00.